The molecule has 2 aromatic carbocycles. The Hall–Kier alpha value is -2.90. The summed E-state index contributed by atoms with van der Waals surface area (Å²) in [5, 5.41) is 19.7. The van der Waals surface area contributed by atoms with Crippen LogP contribution in [0.25, 0.3) is 0 Å². The first kappa shape index (κ1) is 26.7. The lowest BCUT2D eigenvalue weighted by Crippen LogP contribution is -2.37. The Bertz CT molecular complexity index is 1060. The first-order chi connectivity index (χ1) is 18.5. The number of carboxylic acids is 2. The molecule has 2 fully saturated rings. The minimum Gasteiger partial charge on any atom is -0.478 e. The second-order valence-corrected chi connectivity index (χ2v) is 11.2. The second kappa shape index (κ2) is 11.9. The third-order valence-electron chi connectivity index (χ3n) is 8.76. The average Bonchev–Trinajstić information content (AvgIpc) is 2.93. The Balaban J connectivity index is 1.53. The van der Waals surface area contributed by atoms with Crippen molar-refractivity contribution in [2.24, 2.45) is 0 Å². The van der Waals surface area contributed by atoms with Gasteiger partial charge >= 0.3 is 11.9 Å². The van der Waals surface area contributed by atoms with E-state index in [1.54, 1.807) is 36.4 Å². The average molecular weight is 521 g/mol. The molecule has 3 aliphatic rings. The molecular weight excluding hydrogens is 480 g/mol. The first-order valence-corrected chi connectivity index (χ1v) is 14.3. The molecule has 5 rings (SSSR count). The molecule has 0 amide bonds. The molecule has 2 saturated heterocycles. The quantitative estimate of drug-likeness (QED) is 0.397. The molecule has 2 aromatic rings. The molecule has 0 atom stereocenters. The van der Waals surface area contributed by atoms with Gasteiger partial charge in [-0.2, -0.15) is 0 Å². The van der Waals surface area contributed by atoms with Crippen LogP contribution in [0.1, 0.15) is 96.1 Å². The summed E-state index contributed by atoms with van der Waals surface area (Å²) in [5.74, 6) is -0.565. The lowest BCUT2D eigenvalue weighted by Gasteiger charge is -2.42. The lowest BCUT2D eigenvalue weighted by atomic mass is 9.66. The minimum absolute atomic E-state index is 0.238. The van der Waals surface area contributed by atoms with Gasteiger partial charge in [0.15, 0.2) is 0 Å². The maximum absolute atomic E-state index is 12.0. The molecule has 3 aliphatic heterocycles. The molecular formula is C31H40N2O5. The molecule has 0 aromatic heterocycles. The van der Waals surface area contributed by atoms with Crippen molar-refractivity contribution in [2.45, 2.75) is 69.6 Å². The maximum atomic E-state index is 12.0. The topological polar surface area (TPSA) is 90.3 Å². The Morgan fingerprint density at radius 2 is 1.11 bits per heavy atom. The first-order valence-electron chi connectivity index (χ1n) is 14.3. The predicted molar refractivity (Wildman–Crippen MR) is 147 cm³/mol. The van der Waals surface area contributed by atoms with E-state index in [2.05, 4.69) is 9.80 Å². The Morgan fingerprint density at radius 3 is 1.50 bits per heavy atom. The van der Waals surface area contributed by atoms with E-state index in [1.165, 1.54) is 38.5 Å². The van der Waals surface area contributed by atoms with Crippen molar-refractivity contribution in [2.75, 3.05) is 39.3 Å². The number of piperidine rings is 2. The number of ether oxygens (including phenoxy) is 1. The zero-order chi connectivity index (χ0) is 26.5. The van der Waals surface area contributed by atoms with Crippen LogP contribution in [0.15, 0.2) is 36.4 Å². The smallest absolute Gasteiger partial charge is 0.335 e. The van der Waals surface area contributed by atoms with Crippen LogP contribution in [0.3, 0.4) is 0 Å². The van der Waals surface area contributed by atoms with Crippen molar-refractivity contribution in [1.82, 2.24) is 9.80 Å². The molecule has 0 bridgehead atoms. The van der Waals surface area contributed by atoms with Gasteiger partial charge in [-0.05, 0) is 127 Å². The zero-order valence-corrected chi connectivity index (χ0v) is 22.3. The summed E-state index contributed by atoms with van der Waals surface area (Å²) < 4.78 is 6.29. The number of carbonyl (C=O) groups is 2. The number of rotatable bonds is 10. The van der Waals surface area contributed by atoms with Gasteiger partial charge in [-0.3, -0.25) is 0 Å². The molecule has 38 heavy (non-hydrogen) atoms. The van der Waals surface area contributed by atoms with Crippen LogP contribution in [0.4, 0.5) is 0 Å². The van der Waals surface area contributed by atoms with Gasteiger partial charge in [-0.25, -0.2) is 9.59 Å². The fourth-order valence-electron chi connectivity index (χ4n) is 6.75. The van der Waals surface area contributed by atoms with Crippen LogP contribution in [0, 0.1) is 0 Å². The van der Waals surface area contributed by atoms with Crippen LogP contribution >= 0.6 is 0 Å². The number of nitrogens with zero attached hydrogens (tertiary/aromatic N) is 2. The summed E-state index contributed by atoms with van der Waals surface area (Å²) in [5.41, 5.74) is 1.73. The number of fused-ring (bicyclic) bond motifs is 2. The molecule has 3 heterocycles. The predicted octanol–water partition coefficient (Wildman–Crippen LogP) is 6.01. The van der Waals surface area contributed by atoms with E-state index in [4.69, 9.17) is 4.74 Å². The number of carboxylic acid groups (broad SMARTS) is 2. The molecule has 0 spiro atoms. The minimum atomic E-state index is -0.964. The summed E-state index contributed by atoms with van der Waals surface area (Å²) in [4.78, 5) is 29.1. The summed E-state index contributed by atoms with van der Waals surface area (Å²) in [6.07, 6.45) is 11.1. The standard InChI is InChI=1S/C31H40N2O5/c34-29(35)23-9-11-27-25(21-23)31(13-7-19-32-15-3-1-4-16-32,14-8-20-33-17-5-2-6-18-33)26-22-24(30(36)37)10-12-28(26)38-27/h9-12,21-22H,1-8,13-20H2,(H,34,35)(H,36,37). The van der Waals surface area contributed by atoms with Gasteiger partial charge in [0.25, 0.3) is 0 Å². The van der Waals surface area contributed by atoms with Crippen molar-refractivity contribution < 1.29 is 24.5 Å². The fourth-order valence-corrected chi connectivity index (χ4v) is 6.75. The number of hydrogen-bond donors (Lipinski definition) is 2. The van der Waals surface area contributed by atoms with Gasteiger partial charge in [-0.1, -0.05) is 12.8 Å². The molecule has 0 radical (unpaired) electrons. The molecule has 0 saturated carbocycles. The van der Waals surface area contributed by atoms with Gasteiger partial charge in [0.2, 0.25) is 0 Å². The summed E-state index contributed by atoms with van der Waals surface area (Å²) >= 11 is 0. The number of benzene rings is 2. The largest absolute Gasteiger partial charge is 0.478 e. The Labute approximate surface area is 225 Å². The van der Waals surface area contributed by atoms with E-state index in [0.29, 0.717) is 11.5 Å². The highest BCUT2D eigenvalue weighted by atomic mass is 16.5. The van der Waals surface area contributed by atoms with E-state index >= 15 is 0 Å². The van der Waals surface area contributed by atoms with Gasteiger partial charge in [0.1, 0.15) is 11.5 Å². The van der Waals surface area contributed by atoms with Gasteiger partial charge in [0, 0.05) is 16.5 Å². The van der Waals surface area contributed by atoms with Gasteiger partial charge in [0.05, 0.1) is 11.1 Å². The van der Waals surface area contributed by atoms with Crippen molar-refractivity contribution >= 4 is 11.9 Å². The number of likely N-dealkylation sites (tertiary alicyclic amines) is 2. The van der Waals surface area contributed by atoms with Crippen LogP contribution in [0.2, 0.25) is 0 Å². The summed E-state index contributed by atoms with van der Waals surface area (Å²) in [6, 6.07) is 10.3. The van der Waals surface area contributed by atoms with E-state index in [-0.39, 0.29) is 11.1 Å². The molecule has 7 heteroatoms. The fraction of sp³-hybridized carbons (Fsp3) is 0.548. The van der Waals surface area contributed by atoms with Gasteiger partial charge in [-0.15, -0.1) is 0 Å². The normalized spacial score (nSPS) is 19.3. The van der Waals surface area contributed by atoms with Crippen LogP contribution in [-0.4, -0.2) is 71.2 Å². The molecule has 2 N–H and O–H groups in total. The third kappa shape index (κ3) is 5.74. The SMILES string of the molecule is O=C(O)c1ccc2c(c1)C(CCCN1CCCCC1)(CCCN1CCCCC1)c1cc(C(=O)O)ccc1O2. The van der Waals surface area contributed by atoms with Crippen LogP contribution < -0.4 is 4.74 Å². The van der Waals surface area contributed by atoms with E-state index in [9.17, 15) is 19.8 Å². The monoisotopic (exact) mass is 520 g/mol. The molecule has 0 unspecified atom stereocenters. The van der Waals surface area contributed by atoms with Crippen LogP contribution in [0.5, 0.6) is 11.5 Å². The number of aromatic carboxylic acids is 2. The third-order valence-corrected chi connectivity index (χ3v) is 8.76. The molecule has 0 aliphatic carbocycles. The van der Waals surface area contributed by atoms with E-state index < -0.39 is 17.4 Å². The number of hydrogen-bond acceptors (Lipinski definition) is 5. The van der Waals surface area contributed by atoms with Crippen molar-refractivity contribution in [3.63, 3.8) is 0 Å². The van der Waals surface area contributed by atoms with Crippen molar-refractivity contribution in [3.05, 3.63) is 58.7 Å². The maximum Gasteiger partial charge on any atom is 0.335 e. The van der Waals surface area contributed by atoms with Crippen LogP contribution in [-0.2, 0) is 5.41 Å². The van der Waals surface area contributed by atoms with Crippen molar-refractivity contribution in [3.8, 4) is 11.5 Å². The highest BCUT2D eigenvalue weighted by molar-refractivity contribution is 5.89. The second-order valence-electron chi connectivity index (χ2n) is 11.2. The summed E-state index contributed by atoms with van der Waals surface area (Å²) in [7, 11) is 0. The lowest BCUT2D eigenvalue weighted by molar-refractivity contribution is 0.0686. The summed E-state index contributed by atoms with van der Waals surface area (Å²) in [6.45, 7) is 6.51. The Kier molecular flexibility index (Phi) is 8.34. The molecule has 7 nitrogen and oxygen atoms in total. The zero-order valence-electron chi connectivity index (χ0n) is 22.3. The van der Waals surface area contributed by atoms with Crippen molar-refractivity contribution in [1.29, 1.82) is 0 Å². The van der Waals surface area contributed by atoms with E-state index in [1.807, 2.05) is 0 Å². The highest BCUT2D eigenvalue weighted by Gasteiger charge is 2.42. The Morgan fingerprint density at radius 1 is 0.684 bits per heavy atom. The highest BCUT2D eigenvalue weighted by Crippen LogP contribution is 2.53. The van der Waals surface area contributed by atoms with E-state index in [0.717, 1.165) is 76.1 Å². The van der Waals surface area contributed by atoms with Gasteiger partial charge < -0.3 is 24.7 Å². The molecule has 204 valence electrons.